The molecule has 5 rings (SSSR count). The van der Waals surface area contributed by atoms with E-state index in [2.05, 4.69) is 15.4 Å². The molecule has 2 aromatic carbocycles. The number of carbonyl (C=O) groups is 3. The molecule has 136 valence electrons. The molecule has 7 heteroatoms. The quantitative estimate of drug-likeness (QED) is 0.566. The van der Waals surface area contributed by atoms with Crippen molar-refractivity contribution in [1.29, 1.82) is 0 Å². The number of carbonyl (C=O) groups excluding carboxylic acids is 3. The molecule has 1 unspecified atom stereocenters. The zero-order valence-electron chi connectivity index (χ0n) is 14.5. The maximum absolute atomic E-state index is 12.3. The van der Waals surface area contributed by atoms with E-state index < -0.39 is 5.92 Å². The summed E-state index contributed by atoms with van der Waals surface area (Å²) < 4.78 is 5.59. The summed E-state index contributed by atoms with van der Waals surface area (Å²) in [6, 6.07) is 9.86. The Kier molecular flexibility index (Phi) is 3.50. The Morgan fingerprint density at radius 1 is 1.19 bits per heavy atom. The fourth-order valence-electron chi connectivity index (χ4n) is 4.06. The molecular weight excluding hydrogens is 346 g/mol. The molecule has 2 saturated heterocycles. The van der Waals surface area contributed by atoms with E-state index in [4.69, 9.17) is 4.52 Å². The second-order valence-electron chi connectivity index (χ2n) is 7.19. The third kappa shape index (κ3) is 2.42. The molecule has 0 aliphatic carbocycles. The Hall–Kier alpha value is -3.22. The number of piperidine rings is 1. The molecular formula is C20H17N3O4. The highest BCUT2D eigenvalue weighted by atomic mass is 16.5. The van der Waals surface area contributed by atoms with Gasteiger partial charge in [0.1, 0.15) is 12.0 Å². The molecule has 3 aromatic rings. The molecule has 1 aromatic heterocycles. The summed E-state index contributed by atoms with van der Waals surface area (Å²) in [7, 11) is 0. The highest BCUT2D eigenvalue weighted by Gasteiger charge is 2.34. The van der Waals surface area contributed by atoms with E-state index >= 15 is 0 Å². The molecule has 1 N–H and O–H groups in total. The lowest BCUT2D eigenvalue weighted by Crippen LogP contribution is -2.47. The number of fused-ring (bicyclic) bond motifs is 3. The van der Waals surface area contributed by atoms with Crippen LogP contribution in [0.3, 0.4) is 0 Å². The van der Waals surface area contributed by atoms with Gasteiger partial charge in [-0.15, -0.1) is 0 Å². The molecule has 0 spiro atoms. The summed E-state index contributed by atoms with van der Waals surface area (Å²) in [6.45, 7) is 1.38. The Morgan fingerprint density at radius 3 is 2.70 bits per heavy atom. The van der Waals surface area contributed by atoms with Crippen LogP contribution in [-0.4, -0.2) is 36.3 Å². The Labute approximate surface area is 154 Å². The zero-order chi connectivity index (χ0) is 18.5. The van der Waals surface area contributed by atoms with Crippen LogP contribution in [0, 0.1) is 5.92 Å². The van der Waals surface area contributed by atoms with Crippen LogP contribution in [0.15, 0.2) is 34.9 Å². The van der Waals surface area contributed by atoms with Gasteiger partial charge in [0.15, 0.2) is 5.58 Å². The van der Waals surface area contributed by atoms with Crippen LogP contribution in [0.4, 0.5) is 5.69 Å². The predicted octanol–water partition coefficient (Wildman–Crippen LogP) is 2.14. The number of amides is 2. The highest BCUT2D eigenvalue weighted by Crippen LogP contribution is 2.40. The van der Waals surface area contributed by atoms with Gasteiger partial charge in [-0.1, -0.05) is 29.4 Å². The van der Waals surface area contributed by atoms with Crippen LogP contribution >= 0.6 is 0 Å². The number of anilines is 1. The first kappa shape index (κ1) is 16.0. The van der Waals surface area contributed by atoms with Gasteiger partial charge in [0.2, 0.25) is 11.8 Å². The summed E-state index contributed by atoms with van der Waals surface area (Å²) in [5.41, 5.74) is 2.19. The standard InChI is InChI=1S/C20H17N3O4/c24-10-11-8-23(9-11)15-7-16-18(13-4-2-1-3-12(13)15)19(22-27-16)14-5-6-17(25)21-20(14)26/h1-4,7,10-11,14H,5-6,8-9H2,(H,21,25,26). The minimum absolute atomic E-state index is 0.0632. The van der Waals surface area contributed by atoms with Crippen molar-refractivity contribution < 1.29 is 18.9 Å². The Morgan fingerprint density at radius 2 is 1.96 bits per heavy atom. The summed E-state index contributed by atoms with van der Waals surface area (Å²) in [6.07, 6.45) is 1.71. The van der Waals surface area contributed by atoms with Crippen molar-refractivity contribution in [2.45, 2.75) is 18.8 Å². The Balaban J connectivity index is 1.66. The predicted molar refractivity (Wildman–Crippen MR) is 98.4 cm³/mol. The van der Waals surface area contributed by atoms with Crippen molar-refractivity contribution in [1.82, 2.24) is 10.5 Å². The molecule has 27 heavy (non-hydrogen) atoms. The van der Waals surface area contributed by atoms with Crippen molar-refractivity contribution in [3.63, 3.8) is 0 Å². The topological polar surface area (TPSA) is 92.5 Å². The average Bonchev–Trinajstić information content (AvgIpc) is 3.05. The van der Waals surface area contributed by atoms with Crippen molar-refractivity contribution in [3.05, 3.63) is 36.0 Å². The molecule has 2 fully saturated rings. The van der Waals surface area contributed by atoms with Gasteiger partial charge in [0.25, 0.3) is 0 Å². The van der Waals surface area contributed by atoms with Crippen LogP contribution in [0.5, 0.6) is 0 Å². The number of nitrogens with zero attached hydrogens (tertiary/aromatic N) is 2. The number of rotatable bonds is 3. The Bertz CT molecular complexity index is 1100. The van der Waals surface area contributed by atoms with Crippen LogP contribution in [0.2, 0.25) is 0 Å². The van der Waals surface area contributed by atoms with Crippen molar-refractivity contribution in [3.8, 4) is 0 Å². The largest absolute Gasteiger partial charge is 0.369 e. The van der Waals surface area contributed by atoms with E-state index in [0.29, 0.717) is 37.2 Å². The number of aromatic nitrogens is 1. The summed E-state index contributed by atoms with van der Waals surface area (Å²) >= 11 is 0. The number of aldehydes is 1. The fraction of sp³-hybridized carbons (Fsp3) is 0.300. The normalized spacial score (nSPS) is 20.7. The molecule has 7 nitrogen and oxygen atoms in total. The number of hydrogen-bond donors (Lipinski definition) is 1. The van der Waals surface area contributed by atoms with Gasteiger partial charge in [-0.25, -0.2) is 0 Å². The number of imide groups is 1. The van der Waals surface area contributed by atoms with Gasteiger partial charge >= 0.3 is 0 Å². The molecule has 0 bridgehead atoms. The van der Waals surface area contributed by atoms with Gasteiger partial charge < -0.3 is 14.2 Å². The first-order chi connectivity index (χ1) is 13.2. The van der Waals surface area contributed by atoms with Gasteiger partial charge in [0, 0.05) is 42.6 Å². The second kappa shape index (κ2) is 5.90. The van der Waals surface area contributed by atoms with Crippen LogP contribution in [0.25, 0.3) is 21.7 Å². The lowest BCUT2D eigenvalue weighted by Gasteiger charge is -2.38. The van der Waals surface area contributed by atoms with E-state index in [1.807, 2.05) is 30.3 Å². The number of benzene rings is 2. The van der Waals surface area contributed by atoms with E-state index in [9.17, 15) is 14.4 Å². The molecule has 1 atom stereocenters. The first-order valence-corrected chi connectivity index (χ1v) is 9.00. The summed E-state index contributed by atoms with van der Waals surface area (Å²) in [4.78, 5) is 36.9. The van der Waals surface area contributed by atoms with E-state index in [0.717, 1.165) is 28.1 Å². The monoisotopic (exact) mass is 363 g/mol. The maximum atomic E-state index is 12.3. The van der Waals surface area contributed by atoms with Crippen LogP contribution in [-0.2, 0) is 14.4 Å². The lowest BCUT2D eigenvalue weighted by atomic mass is 9.90. The SMILES string of the molecule is O=CC1CN(c2cc3onc(C4CCC(=O)NC4=O)c3c3ccccc23)C1. The van der Waals surface area contributed by atoms with Crippen molar-refractivity contribution in [2.24, 2.45) is 5.92 Å². The van der Waals surface area contributed by atoms with Crippen molar-refractivity contribution >= 4 is 45.5 Å². The van der Waals surface area contributed by atoms with E-state index in [-0.39, 0.29) is 17.7 Å². The zero-order valence-corrected chi connectivity index (χ0v) is 14.5. The summed E-state index contributed by atoms with van der Waals surface area (Å²) in [5, 5.41) is 9.40. The van der Waals surface area contributed by atoms with Gasteiger partial charge in [-0.05, 0) is 11.8 Å². The second-order valence-corrected chi connectivity index (χ2v) is 7.19. The minimum atomic E-state index is -0.498. The lowest BCUT2D eigenvalue weighted by molar-refractivity contribution is -0.134. The molecule has 0 radical (unpaired) electrons. The third-order valence-corrected chi connectivity index (χ3v) is 5.50. The smallest absolute Gasteiger partial charge is 0.235 e. The maximum Gasteiger partial charge on any atom is 0.235 e. The van der Waals surface area contributed by atoms with E-state index in [1.54, 1.807) is 0 Å². The third-order valence-electron chi connectivity index (χ3n) is 5.50. The van der Waals surface area contributed by atoms with Gasteiger partial charge in [-0.2, -0.15) is 0 Å². The molecule has 2 amide bonds. The number of nitrogens with one attached hydrogen (secondary N) is 1. The van der Waals surface area contributed by atoms with Gasteiger partial charge in [-0.3, -0.25) is 14.9 Å². The molecule has 0 saturated carbocycles. The van der Waals surface area contributed by atoms with E-state index in [1.165, 1.54) is 0 Å². The van der Waals surface area contributed by atoms with Crippen LogP contribution in [0.1, 0.15) is 24.5 Å². The number of hydrogen-bond acceptors (Lipinski definition) is 6. The fourth-order valence-corrected chi connectivity index (χ4v) is 4.06. The van der Waals surface area contributed by atoms with Crippen LogP contribution < -0.4 is 10.2 Å². The molecule has 2 aliphatic rings. The van der Waals surface area contributed by atoms with Crippen molar-refractivity contribution in [2.75, 3.05) is 18.0 Å². The first-order valence-electron chi connectivity index (χ1n) is 9.00. The molecule has 3 heterocycles. The average molecular weight is 363 g/mol. The highest BCUT2D eigenvalue weighted by molar-refractivity contribution is 6.14. The summed E-state index contributed by atoms with van der Waals surface area (Å²) in [5.74, 6) is -1.01. The van der Waals surface area contributed by atoms with Gasteiger partial charge in [0.05, 0.1) is 11.3 Å². The molecule has 2 aliphatic heterocycles. The minimum Gasteiger partial charge on any atom is -0.369 e.